The number of hydrogen-bond donors (Lipinski definition) is 1. The number of H-pyrrole nitrogens is 1. The lowest BCUT2D eigenvalue weighted by molar-refractivity contribution is 0.0723. The Morgan fingerprint density at radius 1 is 1.53 bits per heavy atom. The molecule has 0 atom stereocenters. The molecule has 1 N–H and O–H groups in total. The summed E-state index contributed by atoms with van der Waals surface area (Å²) in [4.78, 5) is 18.5. The highest BCUT2D eigenvalue weighted by Crippen LogP contribution is 2.29. The molecule has 1 saturated carbocycles. The second-order valence-corrected chi connectivity index (χ2v) is 4.96. The summed E-state index contributed by atoms with van der Waals surface area (Å²) in [7, 11) is 0. The zero-order valence-corrected chi connectivity index (χ0v) is 10.8. The zero-order chi connectivity index (χ0) is 13.2. The van der Waals surface area contributed by atoms with Crippen molar-refractivity contribution in [1.29, 1.82) is 0 Å². The minimum absolute atomic E-state index is 0.00398. The van der Waals surface area contributed by atoms with Gasteiger partial charge in [-0.1, -0.05) is 6.07 Å². The molecule has 98 valence electrons. The maximum absolute atomic E-state index is 12.5. The van der Waals surface area contributed by atoms with Gasteiger partial charge in [0.15, 0.2) is 0 Å². The summed E-state index contributed by atoms with van der Waals surface area (Å²) in [5.41, 5.74) is 2.45. The molecule has 0 spiro atoms. The Labute approximate surface area is 111 Å². The van der Waals surface area contributed by atoms with Gasteiger partial charge in [0.2, 0.25) is 0 Å². The van der Waals surface area contributed by atoms with Crippen LogP contribution in [0.4, 0.5) is 0 Å². The van der Waals surface area contributed by atoms with Crippen LogP contribution in [-0.2, 0) is 6.54 Å². The maximum Gasteiger partial charge on any atom is 0.274 e. The van der Waals surface area contributed by atoms with Gasteiger partial charge < -0.3 is 4.90 Å². The molecule has 1 aliphatic carbocycles. The van der Waals surface area contributed by atoms with Crippen LogP contribution in [0, 0.1) is 6.92 Å². The molecular weight excluding hydrogens is 240 g/mol. The number of hydrogen-bond acceptors (Lipinski definition) is 3. The van der Waals surface area contributed by atoms with Gasteiger partial charge in [0.1, 0.15) is 5.69 Å². The molecule has 0 aromatic carbocycles. The van der Waals surface area contributed by atoms with E-state index in [1.54, 1.807) is 18.5 Å². The lowest BCUT2D eigenvalue weighted by Crippen LogP contribution is -2.32. The summed E-state index contributed by atoms with van der Waals surface area (Å²) in [5.74, 6) is -0.00398. The molecule has 0 bridgehead atoms. The average Bonchev–Trinajstić information content (AvgIpc) is 3.18. The van der Waals surface area contributed by atoms with Crippen LogP contribution < -0.4 is 0 Å². The SMILES string of the molecule is Cc1cc(C(=O)N(Cc2cccnc2)C2CC2)n[nH]1. The van der Waals surface area contributed by atoms with Gasteiger partial charge in [0, 0.05) is 30.7 Å². The number of nitrogens with one attached hydrogen (secondary N) is 1. The van der Waals surface area contributed by atoms with Gasteiger partial charge in [-0.25, -0.2) is 0 Å². The Kier molecular flexibility index (Phi) is 3.03. The number of nitrogens with zero attached hydrogens (tertiary/aromatic N) is 3. The van der Waals surface area contributed by atoms with Gasteiger partial charge in [-0.15, -0.1) is 0 Å². The smallest absolute Gasteiger partial charge is 0.274 e. The van der Waals surface area contributed by atoms with Gasteiger partial charge in [-0.2, -0.15) is 5.10 Å². The Morgan fingerprint density at radius 2 is 2.37 bits per heavy atom. The summed E-state index contributed by atoms with van der Waals surface area (Å²) < 4.78 is 0. The summed E-state index contributed by atoms with van der Waals surface area (Å²) in [6, 6.07) is 6.03. The minimum Gasteiger partial charge on any atom is -0.330 e. The van der Waals surface area contributed by atoms with E-state index in [4.69, 9.17) is 0 Å². The zero-order valence-electron chi connectivity index (χ0n) is 10.8. The number of aromatic amines is 1. The molecule has 5 nitrogen and oxygen atoms in total. The Hall–Kier alpha value is -2.17. The molecule has 1 aliphatic rings. The molecule has 1 fully saturated rings. The molecule has 1 amide bonds. The topological polar surface area (TPSA) is 61.9 Å². The molecule has 2 aromatic heterocycles. The first-order valence-corrected chi connectivity index (χ1v) is 6.46. The van der Waals surface area contributed by atoms with E-state index in [1.165, 1.54) is 0 Å². The normalized spacial score (nSPS) is 14.4. The first kappa shape index (κ1) is 11.9. The third-order valence-corrected chi connectivity index (χ3v) is 3.25. The summed E-state index contributed by atoms with van der Waals surface area (Å²) in [5, 5.41) is 6.87. The Morgan fingerprint density at radius 3 is 2.95 bits per heavy atom. The predicted octanol–water partition coefficient (Wildman–Crippen LogP) is 1.92. The number of aryl methyl sites for hydroxylation is 1. The molecule has 2 heterocycles. The van der Waals surface area contributed by atoms with E-state index in [0.29, 0.717) is 18.3 Å². The van der Waals surface area contributed by atoms with Crippen LogP contribution >= 0.6 is 0 Å². The van der Waals surface area contributed by atoms with E-state index in [9.17, 15) is 4.79 Å². The number of carbonyl (C=O) groups is 1. The van der Waals surface area contributed by atoms with Crippen molar-refractivity contribution in [3.05, 3.63) is 47.5 Å². The molecule has 0 radical (unpaired) electrons. The Bertz CT molecular complexity index is 574. The summed E-state index contributed by atoms with van der Waals surface area (Å²) in [6.07, 6.45) is 5.70. The highest BCUT2D eigenvalue weighted by atomic mass is 16.2. The highest BCUT2D eigenvalue weighted by Gasteiger charge is 2.33. The fraction of sp³-hybridized carbons (Fsp3) is 0.357. The first-order valence-electron chi connectivity index (χ1n) is 6.46. The first-order chi connectivity index (χ1) is 9.24. The van der Waals surface area contributed by atoms with Gasteiger partial charge in [-0.3, -0.25) is 14.9 Å². The number of amides is 1. The standard InChI is InChI=1S/C14H16N4O/c1-10-7-13(17-16-10)14(19)18(12-4-5-12)9-11-3-2-6-15-8-11/h2-3,6-8,12H,4-5,9H2,1H3,(H,16,17). The second-order valence-electron chi connectivity index (χ2n) is 4.96. The lowest BCUT2D eigenvalue weighted by atomic mass is 10.2. The van der Waals surface area contributed by atoms with Crippen molar-refractivity contribution < 1.29 is 4.79 Å². The monoisotopic (exact) mass is 256 g/mol. The third-order valence-electron chi connectivity index (χ3n) is 3.25. The van der Waals surface area contributed by atoms with Crippen LogP contribution in [0.1, 0.15) is 34.6 Å². The van der Waals surface area contributed by atoms with Crippen LogP contribution in [0.3, 0.4) is 0 Å². The van der Waals surface area contributed by atoms with Crippen molar-refractivity contribution in [3.63, 3.8) is 0 Å². The van der Waals surface area contributed by atoms with Crippen LogP contribution in [0.15, 0.2) is 30.6 Å². The van der Waals surface area contributed by atoms with Gasteiger partial charge >= 0.3 is 0 Å². The maximum atomic E-state index is 12.5. The third kappa shape index (κ3) is 2.65. The number of pyridine rings is 1. The largest absolute Gasteiger partial charge is 0.330 e. The summed E-state index contributed by atoms with van der Waals surface area (Å²) >= 11 is 0. The van der Waals surface area contributed by atoms with E-state index >= 15 is 0 Å². The number of carbonyl (C=O) groups excluding carboxylic acids is 1. The number of aromatic nitrogens is 3. The molecular formula is C14H16N4O. The van der Waals surface area contributed by atoms with E-state index in [2.05, 4.69) is 15.2 Å². The molecule has 2 aromatic rings. The average molecular weight is 256 g/mol. The summed E-state index contributed by atoms with van der Waals surface area (Å²) in [6.45, 7) is 2.50. The quantitative estimate of drug-likeness (QED) is 0.909. The van der Waals surface area contributed by atoms with Crippen molar-refractivity contribution in [2.75, 3.05) is 0 Å². The van der Waals surface area contributed by atoms with Crippen LogP contribution in [0.2, 0.25) is 0 Å². The molecule has 0 aliphatic heterocycles. The van der Waals surface area contributed by atoms with Gasteiger partial charge in [0.25, 0.3) is 5.91 Å². The Balaban J connectivity index is 1.79. The van der Waals surface area contributed by atoms with Gasteiger partial charge in [0.05, 0.1) is 0 Å². The molecule has 0 unspecified atom stereocenters. The van der Waals surface area contributed by atoms with Crippen molar-refractivity contribution in [1.82, 2.24) is 20.1 Å². The van der Waals surface area contributed by atoms with Gasteiger partial charge in [-0.05, 0) is 37.5 Å². The van der Waals surface area contributed by atoms with E-state index in [0.717, 1.165) is 24.1 Å². The lowest BCUT2D eigenvalue weighted by Gasteiger charge is -2.21. The van der Waals surface area contributed by atoms with E-state index in [-0.39, 0.29) is 5.91 Å². The van der Waals surface area contributed by atoms with E-state index < -0.39 is 0 Å². The fourth-order valence-corrected chi connectivity index (χ4v) is 2.12. The van der Waals surface area contributed by atoms with Crippen LogP contribution in [0.25, 0.3) is 0 Å². The second kappa shape index (κ2) is 4.84. The number of rotatable bonds is 4. The van der Waals surface area contributed by atoms with Crippen LogP contribution in [-0.4, -0.2) is 32.0 Å². The van der Waals surface area contributed by atoms with Crippen molar-refractivity contribution >= 4 is 5.91 Å². The molecule has 3 rings (SSSR count). The molecule has 5 heteroatoms. The van der Waals surface area contributed by atoms with Crippen molar-refractivity contribution in [3.8, 4) is 0 Å². The molecule has 19 heavy (non-hydrogen) atoms. The highest BCUT2D eigenvalue weighted by molar-refractivity contribution is 5.92. The van der Waals surface area contributed by atoms with Crippen LogP contribution in [0.5, 0.6) is 0 Å². The van der Waals surface area contributed by atoms with Crippen molar-refractivity contribution in [2.24, 2.45) is 0 Å². The van der Waals surface area contributed by atoms with E-state index in [1.807, 2.05) is 24.0 Å². The van der Waals surface area contributed by atoms with Crippen molar-refractivity contribution in [2.45, 2.75) is 32.4 Å². The fourth-order valence-electron chi connectivity index (χ4n) is 2.12. The minimum atomic E-state index is -0.00398. The predicted molar refractivity (Wildman–Crippen MR) is 70.5 cm³/mol. The molecule has 0 saturated heterocycles.